The van der Waals surface area contributed by atoms with Crippen molar-refractivity contribution in [1.29, 1.82) is 0 Å². The van der Waals surface area contributed by atoms with Crippen LogP contribution >= 0.6 is 15.9 Å². The molecule has 15 heavy (non-hydrogen) atoms. The number of likely N-dealkylation sites (N-methyl/N-ethyl adjacent to an activating group) is 1. The lowest BCUT2D eigenvalue weighted by Gasteiger charge is -2.20. The zero-order valence-electron chi connectivity index (χ0n) is 8.86. The molecule has 4 nitrogen and oxygen atoms in total. The molecule has 2 rings (SSSR count). The van der Waals surface area contributed by atoms with Crippen LogP contribution in [0.15, 0.2) is 17.0 Å². The second-order valence-electron chi connectivity index (χ2n) is 3.84. The van der Waals surface area contributed by atoms with Crippen LogP contribution in [0.3, 0.4) is 0 Å². The van der Waals surface area contributed by atoms with Gasteiger partial charge in [-0.3, -0.25) is 0 Å². The topological polar surface area (TPSA) is 32.3 Å². The number of aromatic nitrogens is 2. The smallest absolute Gasteiger partial charge is 0.147 e. The van der Waals surface area contributed by atoms with E-state index >= 15 is 0 Å². The summed E-state index contributed by atoms with van der Waals surface area (Å²) in [5.41, 5.74) is 0. The molecule has 1 saturated heterocycles. The molecule has 0 saturated carbocycles. The highest BCUT2D eigenvalue weighted by Gasteiger charge is 2.13. The molecule has 1 fully saturated rings. The molecule has 5 heteroatoms. The van der Waals surface area contributed by atoms with E-state index in [4.69, 9.17) is 0 Å². The normalized spacial score (nSPS) is 18.9. The number of rotatable bonds is 1. The predicted octanol–water partition coefficient (Wildman–Crippen LogP) is 1.38. The fourth-order valence-corrected chi connectivity index (χ4v) is 1.95. The number of anilines is 1. The molecule has 0 aromatic carbocycles. The van der Waals surface area contributed by atoms with Gasteiger partial charge in [0.05, 0.1) is 12.4 Å². The van der Waals surface area contributed by atoms with Gasteiger partial charge < -0.3 is 9.80 Å². The molecule has 1 aliphatic rings. The molecular weight excluding hydrogens is 256 g/mol. The van der Waals surface area contributed by atoms with E-state index in [0.717, 1.165) is 30.1 Å². The van der Waals surface area contributed by atoms with Crippen LogP contribution in [-0.2, 0) is 0 Å². The summed E-state index contributed by atoms with van der Waals surface area (Å²) in [6.07, 6.45) is 4.77. The Labute approximate surface area is 98.4 Å². The SMILES string of the molecule is CN1CCCN(c2cnc(Br)cn2)CC1. The summed E-state index contributed by atoms with van der Waals surface area (Å²) in [4.78, 5) is 13.2. The van der Waals surface area contributed by atoms with Crippen molar-refractivity contribution < 1.29 is 0 Å². The summed E-state index contributed by atoms with van der Waals surface area (Å²) in [6.45, 7) is 4.37. The van der Waals surface area contributed by atoms with E-state index in [-0.39, 0.29) is 0 Å². The van der Waals surface area contributed by atoms with Crippen LogP contribution in [0.1, 0.15) is 6.42 Å². The van der Waals surface area contributed by atoms with E-state index < -0.39 is 0 Å². The van der Waals surface area contributed by atoms with Crippen molar-refractivity contribution in [2.75, 3.05) is 38.1 Å². The van der Waals surface area contributed by atoms with Crippen LogP contribution in [0.2, 0.25) is 0 Å². The van der Waals surface area contributed by atoms with Crippen molar-refractivity contribution in [3.63, 3.8) is 0 Å². The minimum Gasteiger partial charge on any atom is -0.354 e. The Hall–Kier alpha value is -0.680. The molecule has 2 heterocycles. The number of hydrogen-bond donors (Lipinski definition) is 0. The van der Waals surface area contributed by atoms with Gasteiger partial charge in [0.2, 0.25) is 0 Å². The van der Waals surface area contributed by atoms with Gasteiger partial charge in [0.1, 0.15) is 10.4 Å². The van der Waals surface area contributed by atoms with E-state index in [1.807, 2.05) is 6.20 Å². The summed E-state index contributed by atoms with van der Waals surface area (Å²) in [6, 6.07) is 0. The lowest BCUT2D eigenvalue weighted by Crippen LogP contribution is -2.29. The monoisotopic (exact) mass is 270 g/mol. The van der Waals surface area contributed by atoms with Crippen LogP contribution in [0.25, 0.3) is 0 Å². The highest BCUT2D eigenvalue weighted by Crippen LogP contribution is 2.13. The number of halogens is 1. The van der Waals surface area contributed by atoms with Gasteiger partial charge >= 0.3 is 0 Å². The molecule has 0 aliphatic carbocycles. The third-order valence-corrected chi connectivity index (χ3v) is 3.06. The van der Waals surface area contributed by atoms with Crippen LogP contribution in [-0.4, -0.2) is 48.1 Å². The predicted molar refractivity (Wildman–Crippen MR) is 64.1 cm³/mol. The first kappa shape index (κ1) is 10.8. The summed E-state index contributed by atoms with van der Waals surface area (Å²) < 4.78 is 0.790. The summed E-state index contributed by atoms with van der Waals surface area (Å²) in [5.74, 6) is 0.980. The molecule has 1 aromatic rings. The zero-order valence-corrected chi connectivity index (χ0v) is 10.4. The molecule has 0 spiro atoms. The van der Waals surface area contributed by atoms with Gasteiger partial charge in [0.25, 0.3) is 0 Å². The quantitative estimate of drug-likeness (QED) is 0.772. The number of nitrogens with zero attached hydrogens (tertiary/aromatic N) is 4. The van der Waals surface area contributed by atoms with E-state index in [0.29, 0.717) is 0 Å². The lowest BCUT2D eigenvalue weighted by molar-refractivity contribution is 0.360. The first-order valence-corrected chi connectivity index (χ1v) is 5.96. The Balaban J connectivity index is 2.06. The van der Waals surface area contributed by atoms with Gasteiger partial charge in [-0.25, -0.2) is 9.97 Å². The molecule has 0 atom stereocenters. The van der Waals surface area contributed by atoms with Crippen LogP contribution in [0.5, 0.6) is 0 Å². The first-order chi connectivity index (χ1) is 7.25. The Morgan fingerprint density at radius 1 is 1.13 bits per heavy atom. The van der Waals surface area contributed by atoms with Crippen molar-refractivity contribution in [2.45, 2.75) is 6.42 Å². The standard InChI is InChI=1S/C10H15BrN4/c1-14-3-2-4-15(6-5-14)10-8-12-9(11)7-13-10/h7-8H,2-6H2,1H3. The molecule has 0 N–H and O–H groups in total. The average molecular weight is 271 g/mol. The Morgan fingerprint density at radius 2 is 2.00 bits per heavy atom. The zero-order chi connectivity index (χ0) is 10.7. The third kappa shape index (κ3) is 2.89. The van der Waals surface area contributed by atoms with Gasteiger partial charge in [0.15, 0.2) is 0 Å². The molecule has 1 aliphatic heterocycles. The van der Waals surface area contributed by atoms with Crippen molar-refractivity contribution in [3.05, 3.63) is 17.0 Å². The minimum atomic E-state index is 0.790. The molecule has 0 radical (unpaired) electrons. The average Bonchev–Trinajstić information content (AvgIpc) is 2.44. The molecule has 1 aromatic heterocycles. The van der Waals surface area contributed by atoms with Gasteiger partial charge in [-0.2, -0.15) is 0 Å². The van der Waals surface area contributed by atoms with Crippen molar-refractivity contribution in [2.24, 2.45) is 0 Å². The minimum absolute atomic E-state index is 0.790. The second kappa shape index (κ2) is 4.90. The van der Waals surface area contributed by atoms with E-state index in [9.17, 15) is 0 Å². The Morgan fingerprint density at radius 3 is 2.73 bits per heavy atom. The van der Waals surface area contributed by atoms with Crippen LogP contribution < -0.4 is 4.90 Å². The Kier molecular flexibility index (Phi) is 3.53. The first-order valence-electron chi connectivity index (χ1n) is 5.17. The molecular formula is C10H15BrN4. The van der Waals surface area contributed by atoms with E-state index in [2.05, 4.69) is 42.7 Å². The molecule has 0 bridgehead atoms. The number of hydrogen-bond acceptors (Lipinski definition) is 4. The Bertz CT molecular complexity index is 314. The van der Waals surface area contributed by atoms with Crippen molar-refractivity contribution >= 4 is 21.7 Å². The molecule has 0 unspecified atom stereocenters. The van der Waals surface area contributed by atoms with Gasteiger partial charge in [-0.15, -0.1) is 0 Å². The van der Waals surface area contributed by atoms with E-state index in [1.54, 1.807) is 6.20 Å². The maximum Gasteiger partial charge on any atom is 0.147 e. The summed E-state index contributed by atoms with van der Waals surface area (Å²) in [7, 11) is 2.16. The lowest BCUT2D eigenvalue weighted by atomic mass is 10.4. The molecule has 0 amide bonds. The fraction of sp³-hybridized carbons (Fsp3) is 0.600. The maximum absolute atomic E-state index is 4.37. The van der Waals surface area contributed by atoms with Gasteiger partial charge in [-0.05, 0) is 35.9 Å². The van der Waals surface area contributed by atoms with Crippen molar-refractivity contribution in [3.8, 4) is 0 Å². The second-order valence-corrected chi connectivity index (χ2v) is 4.65. The van der Waals surface area contributed by atoms with Crippen LogP contribution in [0.4, 0.5) is 5.82 Å². The third-order valence-electron chi connectivity index (χ3n) is 2.65. The molecule has 82 valence electrons. The van der Waals surface area contributed by atoms with Crippen LogP contribution in [0, 0.1) is 0 Å². The largest absolute Gasteiger partial charge is 0.354 e. The summed E-state index contributed by atoms with van der Waals surface area (Å²) >= 11 is 3.29. The van der Waals surface area contributed by atoms with Gasteiger partial charge in [-0.1, -0.05) is 0 Å². The summed E-state index contributed by atoms with van der Waals surface area (Å²) in [5, 5.41) is 0. The fourth-order valence-electron chi connectivity index (χ4n) is 1.74. The highest BCUT2D eigenvalue weighted by molar-refractivity contribution is 9.10. The van der Waals surface area contributed by atoms with Gasteiger partial charge in [0, 0.05) is 19.6 Å². The van der Waals surface area contributed by atoms with Crippen molar-refractivity contribution in [1.82, 2.24) is 14.9 Å². The maximum atomic E-state index is 4.37. The highest BCUT2D eigenvalue weighted by atomic mass is 79.9. The van der Waals surface area contributed by atoms with E-state index in [1.165, 1.54) is 13.0 Å².